The molecule has 0 saturated heterocycles. The summed E-state index contributed by atoms with van der Waals surface area (Å²) in [5.74, 6) is -1.22. The topological polar surface area (TPSA) is 105 Å². The molecule has 3 aromatic rings. The van der Waals surface area contributed by atoms with Crippen molar-refractivity contribution in [2.45, 2.75) is 44.9 Å². The van der Waals surface area contributed by atoms with Crippen LogP contribution in [0.25, 0.3) is 0 Å². The normalized spacial score (nSPS) is 12.3. The molecule has 2 amide bonds. The number of carbonyl (C=O) groups excluding carboxylic acids is 2. The molecule has 2 atom stereocenters. The molecule has 0 radical (unpaired) electrons. The summed E-state index contributed by atoms with van der Waals surface area (Å²) in [6, 6.07) is 25.1. The number of carbonyl (C=O) groups is 3. The smallest absolute Gasteiger partial charge is 0.326 e. The first kappa shape index (κ1) is 25.5. The average molecular weight is 475 g/mol. The third-order valence-corrected chi connectivity index (χ3v) is 5.50. The van der Waals surface area contributed by atoms with E-state index in [0.717, 1.165) is 16.7 Å². The van der Waals surface area contributed by atoms with Crippen LogP contribution >= 0.6 is 0 Å². The van der Waals surface area contributed by atoms with Crippen LogP contribution in [0.2, 0.25) is 0 Å². The predicted molar refractivity (Wildman–Crippen MR) is 133 cm³/mol. The maximum Gasteiger partial charge on any atom is 0.326 e. The second-order valence-corrected chi connectivity index (χ2v) is 8.28. The van der Waals surface area contributed by atoms with Crippen LogP contribution in [-0.4, -0.2) is 28.9 Å². The van der Waals surface area contributed by atoms with Crippen LogP contribution in [0, 0.1) is 0 Å². The van der Waals surface area contributed by atoms with Crippen molar-refractivity contribution in [2.75, 3.05) is 0 Å². The van der Waals surface area contributed by atoms with E-state index in [1.165, 1.54) is 0 Å². The molecule has 182 valence electrons. The number of ether oxygens (including phenoxy) is 1. The first-order valence-electron chi connectivity index (χ1n) is 11.5. The lowest BCUT2D eigenvalue weighted by molar-refractivity contribution is -0.141. The fourth-order valence-corrected chi connectivity index (χ4v) is 3.53. The van der Waals surface area contributed by atoms with Gasteiger partial charge >= 0.3 is 5.97 Å². The highest BCUT2D eigenvalue weighted by atomic mass is 16.5. The second kappa shape index (κ2) is 12.9. The lowest BCUT2D eigenvalue weighted by atomic mass is 10.1. The minimum Gasteiger partial charge on any atom is -0.489 e. The van der Waals surface area contributed by atoms with E-state index in [1.807, 2.05) is 67.6 Å². The number of carboxylic acid groups (broad SMARTS) is 1. The molecule has 0 spiro atoms. The Labute approximate surface area is 205 Å². The van der Waals surface area contributed by atoms with Crippen molar-refractivity contribution < 1.29 is 24.2 Å². The van der Waals surface area contributed by atoms with Crippen molar-refractivity contribution >= 4 is 17.8 Å². The Bertz CT molecular complexity index is 1100. The van der Waals surface area contributed by atoms with E-state index in [2.05, 4.69) is 10.6 Å². The number of hydrogen-bond acceptors (Lipinski definition) is 4. The number of hydrogen-bond donors (Lipinski definition) is 3. The molecule has 0 bridgehead atoms. The third-order valence-electron chi connectivity index (χ3n) is 5.50. The zero-order valence-corrected chi connectivity index (χ0v) is 19.6. The summed E-state index contributed by atoms with van der Waals surface area (Å²) in [4.78, 5) is 36.2. The largest absolute Gasteiger partial charge is 0.489 e. The Hall–Kier alpha value is -4.13. The van der Waals surface area contributed by atoms with E-state index in [1.54, 1.807) is 24.3 Å². The summed E-state index contributed by atoms with van der Waals surface area (Å²) in [5, 5.41) is 14.9. The molecule has 7 nitrogen and oxygen atoms in total. The Morgan fingerprint density at radius 1 is 0.771 bits per heavy atom. The number of aliphatic carboxylic acids is 1. The van der Waals surface area contributed by atoms with Crippen LogP contribution in [0.3, 0.4) is 0 Å². The van der Waals surface area contributed by atoms with Crippen molar-refractivity contribution in [3.63, 3.8) is 0 Å². The summed E-state index contributed by atoms with van der Waals surface area (Å²) in [7, 11) is 0. The Balaban J connectivity index is 1.44. The standard InChI is InChI=1S/C28H30N2O5/c1-20(23-10-6-3-7-11-23)29-26(31)16-17-27(32)30-25(28(33)34)18-21-12-14-24(15-13-21)35-19-22-8-4-2-5-9-22/h2-15,20,25H,16-19H2,1H3,(H,29,31)(H,30,32)(H,33,34)/t20-,25+/m1/s1. The predicted octanol–water partition coefficient (Wildman–Crippen LogP) is 4.04. The first-order chi connectivity index (χ1) is 16.9. The SMILES string of the molecule is C[C@@H](NC(=O)CCC(=O)N[C@@H](Cc1ccc(OCc2ccccc2)cc1)C(=O)O)c1ccccc1. The van der Waals surface area contributed by atoms with Gasteiger partial charge < -0.3 is 20.5 Å². The summed E-state index contributed by atoms with van der Waals surface area (Å²) in [6.07, 6.45) is 0.00343. The molecule has 0 heterocycles. The lowest BCUT2D eigenvalue weighted by Gasteiger charge is -2.16. The average Bonchev–Trinajstić information content (AvgIpc) is 2.87. The van der Waals surface area contributed by atoms with Gasteiger partial charge in [-0.2, -0.15) is 0 Å². The van der Waals surface area contributed by atoms with Crippen LogP contribution in [0.15, 0.2) is 84.9 Å². The molecular formula is C28H30N2O5. The van der Waals surface area contributed by atoms with Gasteiger partial charge in [-0.25, -0.2) is 4.79 Å². The molecule has 0 fully saturated rings. The zero-order chi connectivity index (χ0) is 25.0. The molecule has 3 rings (SSSR count). The highest BCUT2D eigenvalue weighted by Gasteiger charge is 2.21. The van der Waals surface area contributed by atoms with Crippen molar-refractivity contribution in [2.24, 2.45) is 0 Å². The molecule has 0 saturated carbocycles. The Morgan fingerprint density at radius 3 is 1.94 bits per heavy atom. The van der Waals surface area contributed by atoms with Crippen LogP contribution in [-0.2, 0) is 27.4 Å². The van der Waals surface area contributed by atoms with E-state index < -0.39 is 17.9 Å². The van der Waals surface area contributed by atoms with Gasteiger partial charge in [-0.15, -0.1) is 0 Å². The molecule has 35 heavy (non-hydrogen) atoms. The van der Waals surface area contributed by atoms with Crippen molar-refractivity contribution in [1.29, 1.82) is 0 Å². The summed E-state index contributed by atoms with van der Waals surface area (Å²) in [5.41, 5.74) is 2.76. The van der Waals surface area contributed by atoms with E-state index in [0.29, 0.717) is 12.4 Å². The van der Waals surface area contributed by atoms with Gasteiger partial charge in [0.1, 0.15) is 18.4 Å². The molecule has 0 unspecified atom stereocenters. The zero-order valence-electron chi connectivity index (χ0n) is 19.6. The van der Waals surface area contributed by atoms with Gasteiger partial charge in [-0.05, 0) is 35.7 Å². The van der Waals surface area contributed by atoms with Crippen LogP contribution in [0.5, 0.6) is 5.75 Å². The van der Waals surface area contributed by atoms with E-state index in [4.69, 9.17) is 4.74 Å². The first-order valence-corrected chi connectivity index (χ1v) is 11.5. The van der Waals surface area contributed by atoms with Crippen molar-refractivity contribution in [1.82, 2.24) is 10.6 Å². The highest BCUT2D eigenvalue weighted by Crippen LogP contribution is 2.16. The van der Waals surface area contributed by atoms with Crippen molar-refractivity contribution in [3.05, 3.63) is 102 Å². The maximum atomic E-state index is 12.3. The number of carboxylic acids is 1. The van der Waals surface area contributed by atoms with Gasteiger partial charge in [-0.1, -0.05) is 72.8 Å². The van der Waals surface area contributed by atoms with Gasteiger partial charge in [-0.3, -0.25) is 9.59 Å². The van der Waals surface area contributed by atoms with Gasteiger partial charge in [0.15, 0.2) is 0 Å². The summed E-state index contributed by atoms with van der Waals surface area (Å²) in [6.45, 7) is 2.30. The molecule has 3 aromatic carbocycles. The molecule has 0 aromatic heterocycles. The van der Waals surface area contributed by atoms with Crippen LogP contribution < -0.4 is 15.4 Å². The summed E-state index contributed by atoms with van der Waals surface area (Å²) < 4.78 is 5.75. The Morgan fingerprint density at radius 2 is 1.34 bits per heavy atom. The monoisotopic (exact) mass is 474 g/mol. The van der Waals surface area contributed by atoms with Gasteiger partial charge in [0, 0.05) is 19.3 Å². The number of nitrogens with one attached hydrogen (secondary N) is 2. The minimum atomic E-state index is -1.13. The number of benzene rings is 3. The third kappa shape index (κ3) is 8.62. The second-order valence-electron chi connectivity index (χ2n) is 8.28. The van der Waals surface area contributed by atoms with E-state index in [-0.39, 0.29) is 31.2 Å². The van der Waals surface area contributed by atoms with Gasteiger partial charge in [0.2, 0.25) is 11.8 Å². The number of rotatable bonds is 12. The van der Waals surface area contributed by atoms with Crippen LogP contribution in [0.4, 0.5) is 0 Å². The molecular weight excluding hydrogens is 444 g/mol. The molecule has 0 aliphatic carbocycles. The Kier molecular flexibility index (Phi) is 9.42. The maximum absolute atomic E-state index is 12.3. The van der Waals surface area contributed by atoms with Gasteiger partial charge in [0.05, 0.1) is 6.04 Å². The fourth-order valence-electron chi connectivity index (χ4n) is 3.53. The quantitative estimate of drug-likeness (QED) is 0.368. The molecule has 0 aliphatic heterocycles. The van der Waals surface area contributed by atoms with Crippen LogP contribution in [0.1, 0.15) is 42.5 Å². The van der Waals surface area contributed by atoms with E-state index >= 15 is 0 Å². The number of amides is 2. The highest BCUT2D eigenvalue weighted by molar-refractivity contribution is 5.87. The fraction of sp³-hybridized carbons (Fsp3) is 0.250. The van der Waals surface area contributed by atoms with Crippen molar-refractivity contribution in [3.8, 4) is 5.75 Å². The summed E-state index contributed by atoms with van der Waals surface area (Å²) >= 11 is 0. The lowest BCUT2D eigenvalue weighted by Crippen LogP contribution is -2.42. The van der Waals surface area contributed by atoms with E-state index in [9.17, 15) is 19.5 Å². The minimum absolute atomic E-state index is 0.0250. The molecule has 3 N–H and O–H groups in total. The van der Waals surface area contributed by atoms with Gasteiger partial charge in [0.25, 0.3) is 0 Å². The molecule has 0 aliphatic rings. The molecule has 7 heteroatoms.